The molecule has 1 atom stereocenters. The third-order valence-electron chi connectivity index (χ3n) is 4.68. The summed E-state index contributed by atoms with van der Waals surface area (Å²) in [7, 11) is 0. The van der Waals surface area contributed by atoms with Crippen LogP contribution < -0.4 is 5.56 Å². The highest BCUT2D eigenvalue weighted by Crippen LogP contribution is 2.33. The lowest BCUT2D eigenvalue weighted by molar-refractivity contribution is 0.113. The second-order valence-electron chi connectivity index (χ2n) is 8.10. The number of aliphatic hydroxyl groups excluding tert-OH is 1. The minimum absolute atomic E-state index is 0.0993. The second-order valence-corrected chi connectivity index (χ2v) is 8.96. The van der Waals surface area contributed by atoms with Gasteiger partial charge in [-0.3, -0.25) is 9.69 Å². The van der Waals surface area contributed by atoms with Crippen LogP contribution in [0.25, 0.3) is 21.3 Å². The van der Waals surface area contributed by atoms with Crippen LogP contribution >= 0.6 is 11.3 Å². The molecule has 0 amide bonds. The summed E-state index contributed by atoms with van der Waals surface area (Å²) in [6.45, 7) is 12.1. The van der Waals surface area contributed by atoms with E-state index in [0.717, 1.165) is 28.1 Å². The maximum absolute atomic E-state index is 12.9. The summed E-state index contributed by atoms with van der Waals surface area (Å²) in [5.41, 5.74) is 4.28. The Hall–Kier alpha value is -2.02. The number of nitrogens with one attached hydrogen (secondary N) is 1. The largest absolute Gasteiger partial charge is 0.392 e. The van der Waals surface area contributed by atoms with E-state index < -0.39 is 6.10 Å². The van der Waals surface area contributed by atoms with Crippen LogP contribution in [0.15, 0.2) is 28.4 Å². The Balaban J connectivity index is 1.97. The van der Waals surface area contributed by atoms with Crippen molar-refractivity contribution >= 4 is 21.6 Å². The van der Waals surface area contributed by atoms with Crippen LogP contribution in [0.2, 0.25) is 0 Å². The Morgan fingerprint density at radius 1 is 1.18 bits per heavy atom. The molecule has 2 N–H and O–H groups in total. The molecule has 0 unspecified atom stereocenters. The minimum Gasteiger partial charge on any atom is -0.392 e. The first-order valence-corrected chi connectivity index (χ1v) is 10.6. The molecule has 0 aliphatic rings. The standard InChI is InChI=1S/C22H29N3O2S/c1-13(2)9-25(10-16(5)26)11-19-23-21(27)20-18(12-28-22(20)24-19)17-7-6-14(3)8-15(17)4/h6-8,12-13,16,26H,9-11H2,1-5H3,(H,23,24,27)/t16-/m1/s1. The lowest BCUT2D eigenvalue weighted by atomic mass is 9.99. The topological polar surface area (TPSA) is 69.2 Å². The van der Waals surface area contributed by atoms with E-state index in [0.29, 0.717) is 30.2 Å². The molecule has 5 nitrogen and oxygen atoms in total. The molecule has 0 bridgehead atoms. The molecule has 2 heterocycles. The van der Waals surface area contributed by atoms with Gasteiger partial charge >= 0.3 is 0 Å². The number of thiophene rings is 1. The lowest BCUT2D eigenvalue weighted by Gasteiger charge is -2.24. The van der Waals surface area contributed by atoms with Crippen LogP contribution in [-0.2, 0) is 6.54 Å². The van der Waals surface area contributed by atoms with Gasteiger partial charge in [0.25, 0.3) is 5.56 Å². The van der Waals surface area contributed by atoms with Gasteiger partial charge in [-0.2, -0.15) is 0 Å². The lowest BCUT2D eigenvalue weighted by Crippen LogP contribution is -2.34. The van der Waals surface area contributed by atoms with Crippen molar-refractivity contribution in [2.24, 2.45) is 5.92 Å². The molecule has 1 aromatic carbocycles. The van der Waals surface area contributed by atoms with E-state index in [4.69, 9.17) is 4.98 Å². The Morgan fingerprint density at radius 3 is 2.57 bits per heavy atom. The fourth-order valence-electron chi connectivity index (χ4n) is 3.69. The number of rotatable bonds is 7. The first-order valence-electron chi connectivity index (χ1n) is 9.73. The van der Waals surface area contributed by atoms with E-state index >= 15 is 0 Å². The third kappa shape index (κ3) is 4.69. The van der Waals surface area contributed by atoms with E-state index in [1.165, 1.54) is 16.9 Å². The molecule has 0 aliphatic heterocycles. The minimum atomic E-state index is -0.424. The molecule has 3 aromatic rings. The first kappa shape index (κ1) is 20.7. The summed E-state index contributed by atoms with van der Waals surface area (Å²) in [4.78, 5) is 23.5. The quantitative estimate of drug-likeness (QED) is 0.627. The summed E-state index contributed by atoms with van der Waals surface area (Å²) in [6.07, 6.45) is -0.424. The van der Waals surface area contributed by atoms with Crippen molar-refractivity contribution in [3.05, 3.63) is 50.9 Å². The molecule has 150 valence electrons. The third-order valence-corrected chi connectivity index (χ3v) is 5.56. The SMILES string of the molecule is Cc1ccc(-c2csc3nc(CN(CC(C)C)C[C@@H](C)O)[nH]c(=O)c23)c(C)c1. The Bertz CT molecular complexity index is 1010. The van der Waals surface area contributed by atoms with Crippen molar-refractivity contribution in [3.8, 4) is 11.1 Å². The maximum Gasteiger partial charge on any atom is 0.260 e. The number of nitrogens with zero attached hydrogens (tertiary/aromatic N) is 2. The molecular weight excluding hydrogens is 370 g/mol. The van der Waals surface area contributed by atoms with Gasteiger partial charge in [-0.1, -0.05) is 37.6 Å². The van der Waals surface area contributed by atoms with E-state index in [9.17, 15) is 9.90 Å². The smallest absolute Gasteiger partial charge is 0.260 e. The van der Waals surface area contributed by atoms with E-state index in [1.54, 1.807) is 6.92 Å². The fourth-order valence-corrected chi connectivity index (χ4v) is 4.65. The highest BCUT2D eigenvalue weighted by atomic mass is 32.1. The number of aromatic nitrogens is 2. The molecule has 3 rings (SSSR count). The highest BCUT2D eigenvalue weighted by molar-refractivity contribution is 7.17. The molecular formula is C22H29N3O2S. The molecule has 0 saturated heterocycles. The molecule has 28 heavy (non-hydrogen) atoms. The predicted molar refractivity (Wildman–Crippen MR) is 117 cm³/mol. The van der Waals surface area contributed by atoms with Gasteiger partial charge in [-0.15, -0.1) is 11.3 Å². The van der Waals surface area contributed by atoms with Crippen LogP contribution in [0.5, 0.6) is 0 Å². The van der Waals surface area contributed by atoms with Crippen molar-refractivity contribution < 1.29 is 5.11 Å². The number of benzene rings is 1. The van der Waals surface area contributed by atoms with Crippen molar-refractivity contribution in [2.75, 3.05) is 13.1 Å². The van der Waals surface area contributed by atoms with E-state index in [1.807, 2.05) is 5.38 Å². The molecule has 6 heteroatoms. The Kier molecular flexibility index (Phi) is 6.33. The number of hydrogen-bond donors (Lipinski definition) is 2. The molecule has 2 aromatic heterocycles. The van der Waals surface area contributed by atoms with Gasteiger partial charge in [0.05, 0.1) is 18.0 Å². The summed E-state index contributed by atoms with van der Waals surface area (Å²) >= 11 is 1.51. The van der Waals surface area contributed by atoms with Crippen LogP contribution in [0.3, 0.4) is 0 Å². The second kappa shape index (κ2) is 8.55. The van der Waals surface area contributed by atoms with Gasteiger partial charge in [0.15, 0.2) is 0 Å². The van der Waals surface area contributed by atoms with Gasteiger partial charge < -0.3 is 10.1 Å². The number of aromatic amines is 1. The first-order chi connectivity index (χ1) is 13.2. The van der Waals surface area contributed by atoms with Crippen LogP contribution in [0.4, 0.5) is 0 Å². The zero-order chi connectivity index (χ0) is 20.4. The summed E-state index contributed by atoms with van der Waals surface area (Å²) in [5.74, 6) is 1.11. The zero-order valence-corrected chi connectivity index (χ0v) is 18.1. The van der Waals surface area contributed by atoms with Crippen molar-refractivity contribution in [1.82, 2.24) is 14.9 Å². The highest BCUT2D eigenvalue weighted by Gasteiger charge is 2.17. The van der Waals surface area contributed by atoms with Crippen molar-refractivity contribution in [2.45, 2.75) is 47.3 Å². The van der Waals surface area contributed by atoms with Crippen molar-refractivity contribution in [3.63, 3.8) is 0 Å². The number of aryl methyl sites for hydroxylation is 2. The van der Waals surface area contributed by atoms with Crippen LogP contribution in [-0.4, -0.2) is 39.2 Å². The number of H-pyrrole nitrogens is 1. The molecule has 0 radical (unpaired) electrons. The van der Waals surface area contributed by atoms with E-state index in [2.05, 4.69) is 55.8 Å². The van der Waals surface area contributed by atoms with Gasteiger partial charge in [-0.25, -0.2) is 4.98 Å². The molecule has 0 fully saturated rings. The normalized spacial score (nSPS) is 13.0. The van der Waals surface area contributed by atoms with E-state index in [-0.39, 0.29) is 5.56 Å². The monoisotopic (exact) mass is 399 g/mol. The Labute approximate surface area is 170 Å². The molecule has 0 spiro atoms. The average Bonchev–Trinajstić information content (AvgIpc) is 2.97. The fraction of sp³-hybridized carbons (Fsp3) is 0.455. The Morgan fingerprint density at radius 2 is 1.93 bits per heavy atom. The van der Waals surface area contributed by atoms with Crippen molar-refractivity contribution in [1.29, 1.82) is 0 Å². The van der Waals surface area contributed by atoms with Gasteiger partial charge in [0.1, 0.15) is 10.7 Å². The number of hydrogen-bond acceptors (Lipinski definition) is 5. The van der Waals surface area contributed by atoms with Crippen LogP contribution in [0.1, 0.15) is 37.7 Å². The summed E-state index contributed by atoms with van der Waals surface area (Å²) in [5, 5.41) is 12.5. The maximum atomic E-state index is 12.9. The van der Waals surface area contributed by atoms with Gasteiger partial charge in [0, 0.05) is 24.0 Å². The average molecular weight is 400 g/mol. The zero-order valence-electron chi connectivity index (χ0n) is 17.2. The van der Waals surface area contributed by atoms with Gasteiger partial charge in [0.2, 0.25) is 0 Å². The summed E-state index contributed by atoms with van der Waals surface area (Å²) in [6, 6.07) is 6.28. The predicted octanol–water partition coefficient (Wildman–Crippen LogP) is 4.11. The van der Waals surface area contributed by atoms with Gasteiger partial charge in [-0.05, 0) is 37.8 Å². The summed E-state index contributed by atoms with van der Waals surface area (Å²) < 4.78 is 0. The number of fused-ring (bicyclic) bond motifs is 1. The van der Waals surface area contributed by atoms with Crippen LogP contribution in [0, 0.1) is 19.8 Å². The number of aliphatic hydroxyl groups is 1. The molecule has 0 saturated carbocycles. The molecule has 0 aliphatic carbocycles.